The molecule has 0 aromatic rings. The monoisotopic (exact) mass is 563 g/mol. The lowest BCUT2D eigenvalue weighted by atomic mass is 9.99. The Morgan fingerprint density at radius 3 is 2.31 bits per heavy atom. The maximum Gasteiger partial charge on any atom is 0.323 e. The van der Waals surface area contributed by atoms with Crippen LogP contribution in [0.5, 0.6) is 0 Å². The molecule has 2 heterocycles. The first-order valence-electron chi connectivity index (χ1n) is 11.3. The van der Waals surface area contributed by atoms with Crippen LogP contribution in [0.3, 0.4) is 0 Å². The lowest BCUT2D eigenvalue weighted by Gasteiger charge is -2.44. The van der Waals surface area contributed by atoms with Gasteiger partial charge in [-0.05, 0) is 18.4 Å². The number of hydrogen-bond donors (Lipinski definition) is 9. The summed E-state index contributed by atoms with van der Waals surface area (Å²) in [6.07, 6.45) is -11.9. The molecule has 9 N–H and O–H groups in total. The molecule has 0 aromatic carbocycles. The number of aliphatic hydroxyl groups excluding tert-OH is 7. The molecule has 0 radical (unpaired) electrons. The molecule has 0 saturated carbocycles. The number of aliphatic hydroxyl groups is 7. The van der Waals surface area contributed by atoms with Gasteiger partial charge in [-0.15, -0.1) is 0 Å². The van der Waals surface area contributed by atoms with Gasteiger partial charge in [-0.1, -0.05) is 0 Å². The number of carbonyl (C=O) groups is 1. The molecule has 2 saturated heterocycles. The topological polar surface area (TPSA) is 231 Å². The Balaban J connectivity index is 2.40. The molecular weight excluding hydrogens is 526 g/mol. The van der Waals surface area contributed by atoms with Crippen LogP contribution in [0.1, 0.15) is 6.42 Å². The lowest BCUT2D eigenvalue weighted by Crippen LogP contribution is -2.63. The first kappa shape index (κ1) is 31.9. The second kappa shape index (κ2) is 14.7. The molecule has 36 heavy (non-hydrogen) atoms. The van der Waals surface area contributed by atoms with E-state index in [0.29, 0.717) is 5.75 Å². The molecule has 0 spiro atoms. The minimum absolute atomic E-state index is 0.0582. The molecule has 2 aliphatic rings. The summed E-state index contributed by atoms with van der Waals surface area (Å²) in [6, 6.07) is -1.06. The zero-order valence-electron chi connectivity index (χ0n) is 19.7. The summed E-state index contributed by atoms with van der Waals surface area (Å²) in [7, 11) is 0. The second-order valence-electron chi connectivity index (χ2n) is 8.50. The van der Waals surface area contributed by atoms with Crippen molar-refractivity contribution >= 4 is 30.4 Å². The van der Waals surface area contributed by atoms with Gasteiger partial charge in [0.1, 0.15) is 49.3 Å². The highest BCUT2D eigenvalue weighted by atomic mass is 32.2. The van der Waals surface area contributed by atoms with E-state index in [0.717, 1.165) is 0 Å². The van der Waals surface area contributed by atoms with Crippen LogP contribution in [0, 0.1) is 0 Å². The maximum atomic E-state index is 12.7. The normalized spacial score (nSPS) is 38.6. The largest absolute Gasteiger partial charge is 0.452 e. The molecule has 0 bridgehead atoms. The van der Waals surface area contributed by atoms with Crippen LogP contribution in [-0.4, -0.2) is 153 Å². The highest BCUT2D eigenvalue weighted by molar-refractivity contribution is 7.98. The van der Waals surface area contributed by atoms with E-state index in [1.54, 1.807) is 0 Å². The predicted molar refractivity (Wildman–Crippen MR) is 127 cm³/mol. The number of thioether (sulfide) groups is 1. The maximum absolute atomic E-state index is 12.7. The van der Waals surface area contributed by atoms with Crippen molar-refractivity contribution in [2.45, 2.75) is 73.4 Å². The van der Waals surface area contributed by atoms with Gasteiger partial charge >= 0.3 is 5.97 Å². The van der Waals surface area contributed by atoms with E-state index >= 15 is 0 Å². The molecule has 2 fully saturated rings. The Labute approximate surface area is 218 Å². The van der Waals surface area contributed by atoms with E-state index in [9.17, 15) is 40.5 Å². The smallest absolute Gasteiger partial charge is 0.323 e. The van der Waals surface area contributed by atoms with Crippen molar-refractivity contribution in [2.75, 3.05) is 44.2 Å². The Bertz CT molecular complexity index is 676. The van der Waals surface area contributed by atoms with Crippen molar-refractivity contribution in [1.29, 1.82) is 0 Å². The van der Waals surface area contributed by atoms with Crippen LogP contribution >= 0.6 is 24.4 Å². The molecule has 212 valence electrons. The van der Waals surface area contributed by atoms with Crippen LogP contribution < -0.4 is 5.73 Å². The van der Waals surface area contributed by atoms with Gasteiger partial charge < -0.3 is 65.2 Å². The molecule has 1 unspecified atom stereocenters. The first-order chi connectivity index (χ1) is 17.1. The minimum Gasteiger partial charge on any atom is -0.452 e. The van der Waals surface area contributed by atoms with Crippen molar-refractivity contribution in [3.05, 3.63) is 0 Å². The molecule has 0 aromatic heterocycles. The van der Waals surface area contributed by atoms with Crippen LogP contribution in [0.15, 0.2) is 0 Å². The number of ether oxygens (including phenoxy) is 5. The fourth-order valence-corrected chi connectivity index (χ4v) is 4.44. The van der Waals surface area contributed by atoms with E-state index in [1.165, 1.54) is 11.8 Å². The number of esters is 1. The fraction of sp³-hybridized carbons (Fsp3) is 0.950. The summed E-state index contributed by atoms with van der Waals surface area (Å²) >= 11 is 5.53. The lowest BCUT2D eigenvalue weighted by molar-refractivity contribution is -0.387. The predicted octanol–water partition coefficient (Wildman–Crippen LogP) is -4.45. The van der Waals surface area contributed by atoms with E-state index < -0.39 is 99.3 Å². The molecule has 0 aliphatic carbocycles. The molecular formula is C20H37NO13S2. The summed E-state index contributed by atoms with van der Waals surface area (Å²) in [5.74, 6) is -2.55. The standard InChI is InChI=1S/C20H37NO13S2/c1-36-3-2-10(21)18(29)32-17-14(26)12(6-24)33-20(17,8-30-9(4-22)7-35)34-19-16(28)15(27)13(25)11(5-23)31-19/h9-17,19,22-28,35H,2-8,21H2,1H3/t9?,10-,11+,12+,13+,14+,15-,16+,17-,19+,20-/m0/s1. The number of nitrogens with two attached hydrogens (primary N) is 1. The summed E-state index contributed by atoms with van der Waals surface area (Å²) < 4.78 is 28.0. The summed E-state index contributed by atoms with van der Waals surface area (Å²) in [5, 5.41) is 70.2. The van der Waals surface area contributed by atoms with E-state index in [2.05, 4.69) is 12.6 Å². The molecule has 11 atom stereocenters. The van der Waals surface area contributed by atoms with E-state index in [1.807, 2.05) is 6.26 Å². The molecule has 16 heteroatoms. The van der Waals surface area contributed by atoms with Gasteiger partial charge in [-0.3, -0.25) is 4.79 Å². The molecule has 0 amide bonds. The average molecular weight is 564 g/mol. The molecule has 14 nitrogen and oxygen atoms in total. The van der Waals surface area contributed by atoms with Gasteiger partial charge in [0.2, 0.25) is 5.79 Å². The SMILES string of the molecule is CSCC[C@H](N)C(=O)O[C@H]1[C@H](O)[C@@H](CO)O[C@@]1(COC(CO)CS)O[C@H]1O[C@H](CO)[C@@H](O)[C@H](O)[C@H]1O. The zero-order valence-corrected chi connectivity index (χ0v) is 21.4. The van der Waals surface area contributed by atoms with Gasteiger partial charge in [0.25, 0.3) is 0 Å². The van der Waals surface area contributed by atoms with Crippen molar-refractivity contribution < 1.29 is 64.2 Å². The molecule has 2 aliphatic heterocycles. The van der Waals surface area contributed by atoms with Crippen LogP contribution in [0.25, 0.3) is 0 Å². The van der Waals surface area contributed by atoms with E-state index in [-0.39, 0.29) is 12.2 Å². The summed E-state index contributed by atoms with van der Waals surface area (Å²) in [6.45, 7) is -2.56. The number of rotatable bonds is 14. The Morgan fingerprint density at radius 1 is 1.08 bits per heavy atom. The van der Waals surface area contributed by atoms with Crippen molar-refractivity contribution in [2.24, 2.45) is 5.73 Å². The fourth-order valence-electron chi connectivity index (χ4n) is 3.73. The summed E-state index contributed by atoms with van der Waals surface area (Å²) in [5.41, 5.74) is 5.90. The minimum atomic E-state index is -2.24. The third-order valence-electron chi connectivity index (χ3n) is 5.93. The molecule has 2 rings (SSSR count). The van der Waals surface area contributed by atoms with Gasteiger partial charge in [0.15, 0.2) is 12.4 Å². The number of thiol groups is 1. The van der Waals surface area contributed by atoms with Gasteiger partial charge in [0.05, 0.1) is 25.9 Å². The Morgan fingerprint density at radius 2 is 1.75 bits per heavy atom. The first-order valence-corrected chi connectivity index (χ1v) is 13.3. The highest BCUT2D eigenvalue weighted by Gasteiger charge is 2.61. The number of hydrogen-bond acceptors (Lipinski definition) is 16. The Kier molecular flexibility index (Phi) is 13.1. The highest BCUT2D eigenvalue weighted by Crippen LogP contribution is 2.39. The van der Waals surface area contributed by atoms with Crippen molar-refractivity contribution in [3.63, 3.8) is 0 Å². The van der Waals surface area contributed by atoms with Gasteiger partial charge in [0, 0.05) is 5.75 Å². The summed E-state index contributed by atoms with van der Waals surface area (Å²) in [4.78, 5) is 12.7. The third kappa shape index (κ3) is 7.41. The quantitative estimate of drug-likeness (QED) is 0.0717. The van der Waals surface area contributed by atoms with Crippen LogP contribution in [0.2, 0.25) is 0 Å². The van der Waals surface area contributed by atoms with Crippen LogP contribution in [0.4, 0.5) is 0 Å². The average Bonchev–Trinajstić information content (AvgIpc) is 3.13. The van der Waals surface area contributed by atoms with Gasteiger partial charge in [-0.2, -0.15) is 24.4 Å². The van der Waals surface area contributed by atoms with Crippen molar-refractivity contribution in [3.8, 4) is 0 Å². The van der Waals surface area contributed by atoms with Crippen molar-refractivity contribution in [1.82, 2.24) is 0 Å². The zero-order chi connectivity index (χ0) is 27.0. The third-order valence-corrected chi connectivity index (χ3v) is 6.98. The number of carbonyl (C=O) groups excluding carboxylic acids is 1. The van der Waals surface area contributed by atoms with E-state index in [4.69, 9.17) is 29.4 Å². The van der Waals surface area contributed by atoms with Gasteiger partial charge in [-0.25, -0.2) is 0 Å². The second-order valence-corrected chi connectivity index (χ2v) is 9.85. The van der Waals surface area contributed by atoms with Crippen LogP contribution in [-0.2, 0) is 28.5 Å². The Hall–Kier alpha value is -0.310.